The molecular formula is C19H17ClN4O4. The number of rotatable bonds is 8. The highest BCUT2D eigenvalue weighted by molar-refractivity contribution is 6.30. The number of carbonyl (C=O) groups is 1. The SMILES string of the molecule is O=C(NCCn1cc([N+](=O)[O-])cn1)c1ccc(COc2cccc(Cl)c2)cc1. The van der Waals surface area contributed by atoms with Crippen LogP contribution in [0.25, 0.3) is 0 Å². The number of nitro groups is 1. The fraction of sp³-hybridized carbons (Fsp3) is 0.158. The number of carbonyl (C=O) groups excluding carboxylic acids is 1. The Morgan fingerprint density at radius 2 is 2.04 bits per heavy atom. The van der Waals surface area contributed by atoms with E-state index in [-0.39, 0.29) is 11.6 Å². The molecule has 3 rings (SSSR count). The van der Waals surface area contributed by atoms with Gasteiger partial charge in [-0.3, -0.25) is 19.6 Å². The van der Waals surface area contributed by atoms with Crippen LogP contribution in [-0.4, -0.2) is 27.2 Å². The highest BCUT2D eigenvalue weighted by Crippen LogP contribution is 2.18. The lowest BCUT2D eigenvalue weighted by Crippen LogP contribution is -2.27. The third kappa shape index (κ3) is 5.31. The minimum Gasteiger partial charge on any atom is -0.489 e. The molecule has 0 fully saturated rings. The van der Waals surface area contributed by atoms with Gasteiger partial charge < -0.3 is 10.1 Å². The van der Waals surface area contributed by atoms with Gasteiger partial charge in [0.15, 0.2) is 0 Å². The van der Waals surface area contributed by atoms with E-state index in [0.29, 0.717) is 36.0 Å². The molecule has 0 aliphatic heterocycles. The fourth-order valence-corrected chi connectivity index (χ4v) is 2.61. The van der Waals surface area contributed by atoms with Gasteiger partial charge in [0.05, 0.1) is 11.5 Å². The van der Waals surface area contributed by atoms with Crippen molar-refractivity contribution < 1.29 is 14.5 Å². The van der Waals surface area contributed by atoms with E-state index < -0.39 is 4.92 Å². The molecule has 0 aliphatic carbocycles. The molecule has 0 unspecified atom stereocenters. The predicted molar refractivity (Wildman–Crippen MR) is 103 cm³/mol. The molecule has 144 valence electrons. The molecule has 0 saturated carbocycles. The van der Waals surface area contributed by atoms with Crippen LogP contribution in [0.1, 0.15) is 15.9 Å². The first-order valence-corrected chi connectivity index (χ1v) is 8.81. The average Bonchev–Trinajstić information content (AvgIpc) is 3.16. The molecule has 1 aromatic heterocycles. The number of nitrogens with zero attached hydrogens (tertiary/aromatic N) is 3. The average molecular weight is 401 g/mol. The Morgan fingerprint density at radius 3 is 2.71 bits per heavy atom. The minimum atomic E-state index is -0.514. The molecule has 9 heteroatoms. The normalized spacial score (nSPS) is 10.5. The van der Waals surface area contributed by atoms with Crippen LogP contribution in [0.15, 0.2) is 60.9 Å². The first kappa shape index (κ1) is 19.4. The van der Waals surface area contributed by atoms with E-state index in [1.54, 1.807) is 24.3 Å². The molecule has 0 spiro atoms. The Balaban J connectivity index is 1.47. The van der Waals surface area contributed by atoms with Crippen molar-refractivity contribution in [3.63, 3.8) is 0 Å². The second-order valence-electron chi connectivity index (χ2n) is 5.92. The number of hydrogen-bond donors (Lipinski definition) is 1. The smallest absolute Gasteiger partial charge is 0.306 e. The van der Waals surface area contributed by atoms with Gasteiger partial charge in [0, 0.05) is 17.1 Å². The van der Waals surface area contributed by atoms with Crippen molar-refractivity contribution >= 4 is 23.2 Å². The summed E-state index contributed by atoms with van der Waals surface area (Å²) in [5.74, 6) is 0.442. The fourth-order valence-electron chi connectivity index (χ4n) is 2.43. The monoisotopic (exact) mass is 400 g/mol. The van der Waals surface area contributed by atoms with Crippen LogP contribution in [0.5, 0.6) is 5.75 Å². The molecule has 0 bridgehead atoms. The topological polar surface area (TPSA) is 99.3 Å². The molecule has 2 aromatic carbocycles. The summed E-state index contributed by atoms with van der Waals surface area (Å²) >= 11 is 5.92. The van der Waals surface area contributed by atoms with Gasteiger partial charge in [-0.15, -0.1) is 0 Å². The number of amides is 1. The second-order valence-corrected chi connectivity index (χ2v) is 6.35. The maximum atomic E-state index is 12.2. The second kappa shape index (κ2) is 9.01. The number of ether oxygens (including phenoxy) is 1. The molecule has 1 heterocycles. The highest BCUT2D eigenvalue weighted by Gasteiger charge is 2.09. The van der Waals surface area contributed by atoms with Crippen LogP contribution in [0, 0.1) is 10.1 Å². The molecule has 1 N–H and O–H groups in total. The first-order chi connectivity index (χ1) is 13.5. The van der Waals surface area contributed by atoms with Gasteiger partial charge in [-0.1, -0.05) is 29.8 Å². The van der Waals surface area contributed by atoms with Gasteiger partial charge >= 0.3 is 5.69 Å². The Hall–Kier alpha value is -3.39. The van der Waals surface area contributed by atoms with Crippen molar-refractivity contribution in [3.05, 3.63) is 87.2 Å². The summed E-state index contributed by atoms with van der Waals surface area (Å²) in [6.45, 7) is 1.00. The zero-order chi connectivity index (χ0) is 19.9. The Bertz CT molecular complexity index is 972. The molecule has 0 aliphatic rings. The van der Waals surface area contributed by atoms with E-state index >= 15 is 0 Å². The Kier molecular flexibility index (Phi) is 6.23. The number of aromatic nitrogens is 2. The van der Waals surface area contributed by atoms with Crippen molar-refractivity contribution in [3.8, 4) is 5.75 Å². The van der Waals surface area contributed by atoms with E-state index in [1.807, 2.05) is 24.3 Å². The van der Waals surface area contributed by atoms with Gasteiger partial charge in [0.25, 0.3) is 5.91 Å². The predicted octanol–water partition coefficient (Wildman–Crippen LogP) is 3.45. The zero-order valence-electron chi connectivity index (χ0n) is 14.7. The third-order valence-corrected chi connectivity index (χ3v) is 4.11. The van der Waals surface area contributed by atoms with Crippen LogP contribution in [0.3, 0.4) is 0 Å². The Morgan fingerprint density at radius 1 is 1.25 bits per heavy atom. The van der Waals surface area contributed by atoms with E-state index in [2.05, 4.69) is 10.4 Å². The van der Waals surface area contributed by atoms with Gasteiger partial charge in [0.2, 0.25) is 0 Å². The van der Waals surface area contributed by atoms with Crippen LogP contribution in [-0.2, 0) is 13.2 Å². The number of nitrogens with one attached hydrogen (secondary N) is 1. The molecule has 28 heavy (non-hydrogen) atoms. The van der Waals surface area contributed by atoms with Gasteiger partial charge in [-0.05, 0) is 35.9 Å². The molecule has 0 radical (unpaired) electrons. The van der Waals surface area contributed by atoms with E-state index in [0.717, 1.165) is 5.56 Å². The number of hydrogen-bond acceptors (Lipinski definition) is 5. The minimum absolute atomic E-state index is 0.0816. The molecule has 0 saturated heterocycles. The van der Waals surface area contributed by atoms with E-state index in [1.165, 1.54) is 17.1 Å². The quantitative estimate of drug-likeness (QED) is 0.461. The van der Waals surface area contributed by atoms with Gasteiger partial charge in [0.1, 0.15) is 24.8 Å². The van der Waals surface area contributed by atoms with Gasteiger partial charge in [-0.25, -0.2) is 0 Å². The van der Waals surface area contributed by atoms with E-state index in [4.69, 9.17) is 16.3 Å². The third-order valence-electron chi connectivity index (χ3n) is 3.87. The summed E-state index contributed by atoms with van der Waals surface area (Å²) in [6, 6.07) is 14.2. The maximum Gasteiger partial charge on any atom is 0.306 e. The number of benzene rings is 2. The summed E-state index contributed by atoms with van der Waals surface area (Å²) in [7, 11) is 0. The highest BCUT2D eigenvalue weighted by atomic mass is 35.5. The van der Waals surface area contributed by atoms with Crippen molar-refractivity contribution in [1.29, 1.82) is 0 Å². The zero-order valence-corrected chi connectivity index (χ0v) is 15.5. The lowest BCUT2D eigenvalue weighted by atomic mass is 10.1. The van der Waals surface area contributed by atoms with Crippen LogP contribution >= 0.6 is 11.6 Å². The summed E-state index contributed by atoms with van der Waals surface area (Å²) in [5, 5.41) is 17.8. The standard InChI is InChI=1S/C19H17ClN4O4/c20-16-2-1-3-18(10-16)28-13-14-4-6-15(7-5-14)19(25)21-8-9-23-12-17(11-22-23)24(26)27/h1-7,10-12H,8-9,13H2,(H,21,25). The molecule has 8 nitrogen and oxygen atoms in total. The van der Waals surface area contributed by atoms with Crippen LogP contribution in [0.4, 0.5) is 5.69 Å². The largest absolute Gasteiger partial charge is 0.489 e. The Labute approximate surface area is 165 Å². The van der Waals surface area contributed by atoms with Crippen LogP contribution < -0.4 is 10.1 Å². The summed E-state index contributed by atoms with van der Waals surface area (Å²) in [4.78, 5) is 22.3. The molecule has 3 aromatic rings. The summed E-state index contributed by atoms with van der Waals surface area (Å²) in [6.07, 6.45) is 2.49. The van der Waals surface area contributed by atoms with Crippen molar-refractivity contribution in [2.45, 2.75) is 13.2 Å². The number of halogens is 1. The lowest BCUT2D eigenvalue weighted by Gasteiger charge is -2.08. The molecule has 1 amide bonds. The molecular weight excluding hydrogens is 384 g/mol. The lowest BCUT2D eigenvalue weighted by molar-refractivity contribution is -0.385. The molecule has 0 atom stereocenters. The summed E-state index contributed by atoms with van der Waals surface area (Å²) in [5.41, 5.74) is 1.35. The van der Waals surface area contributed by atoms with Crippen LogP contribution in [0.2, 0.25) is 5.02 Å². The van der Waals surface area contributed by atoms with E-state index in [9.17, 15) is 14.9 Å². The summed E-state index contributed by atoms with van der Waals surface area (Å²) < 4.78 is 7.07. The maximum absolute atomic E-state index is 12.2. The van der Waals surface area contributed by atoms with Gasteiger partial charge in [-0.2, -0.15) is 5.10 Å². The van der Waals surface area contributed by atoms with Crippen molar-refractivity contribution in [2.75, 3.05) is 6.54 Å². The first-order valence-electron chi connectivity index (χ1n) is 8.43. The van der Waals surface area contributed by atoms with Crippen molar-refractivity contribution in [2.24, 2.45) is 0 Å². The van der Waals surface area contributed by atoms with Crippen molar-refractivity contribution in [1.82, 2.24) is 15.1 Å².